The first-order valence-corrected chi connectivity index (χ1v) is 8.25. The van der Waals surface area contributed by atoms with Crippen LogP contribution >= 0.6 is 62.1 Å². The van der Waals surface area contributed by atoms with Crippen LogP contribution in [0.1, 0.15) is 0 Å². The van der Waals surface area contributed by atoms with Crippen LogP contribution in [0.15, 0.2) is 34.8 Å². The zero-order chi connectivity index (χ0) is 14.3. The van der Waals surface area contributed by atoms with Crippen LogP contribution in [-0.4, -0.2) is 4.98 Å². The number of halogens is 4. The van der Waals surface area contributed by atoms with Gasteiger partial charge in [-0.05, 0) is 46.3 Å². The molecule has 1 heterocycles. The van der Waals surface area contributed by atoms with Gasteiger partial charge in [-0.2, -0.15) is 0 Å². The largest absolute Gasteiger partial charge is 0.330 e. The van der Waals surface area contributed by atoms with E-state index in [1.165, 1.54) is 11.3 Å². The second-order valence-corrected chi connectivity index (χ2v) is 7.06. The summed E-state index contributed by atoms with van der Waals surface area (Å²) >= 11 is 23.1. The molecule has 1 aromatic heterocycles. The molecule has 2 aromatic carbocycles. The number of hydrogen-bond donors (Lipinski definition) is 1. The molecule has 0 aliphatic rings. The van der Waals surface area contributed by atoms with Crippen molar-refractivity contribution in [1.29, 1.82) is 0 Å². The highest BCUT2D eigenvalue weighted by Crippen LogP contribution is 2.38. The predicted octanol–water partition coefficient (Wildman–Crippen LogP) is 6.76. The van der Waals surface area contributed by atoms with Crippen LogP contribution in [0.3, 0.4) is 0 Å². The van der Waals surface area contributed by atoms with Crippen LogP contribution in [-0.2, 0) is 0 Å². The zero-order valence-corrected chi connectivity index (χ0v) is 14.4. The molecular formula is C13H6BrCl3N2S. The van der Waals surface area contributed by atoms with Crippen molar-refractivity contribution in [2.75, 3.05) is 5.32 Å². The van der Waals surface area contributed by atoms with Crippen molar-refractivity contribution in [2.45, 2.75) is 0 Å². The first kappa shape index (κ1) is 14.4. The lowest BCUT2D eigenvalue weighted by Crippen LogP contribution is -1.90. The van der Waals surface area contributed by atoms with Crippen molar-refractivity contribution < 1.29 is 0 Å². The Kier molecular flexibility index (Phi) is 4.11. The Morgan fingerprint density at radius 1 is 1.05 bits per heavy atom. The van der Waals surface area contributed by atoms with Gasteiger partial charge < -0.3 is 5.32 Å². The normalized spacial score (nSPS) is 11.0. The van der Waals surface area contributed by atoms with Gasteiger partial charge in [0.2, 0.25) is 0 Å². The quantitative estimate of drug-likeness (QED) is 0.474. The lowest BCUT2D eigenvalue weighted by molar-refractivity contribution is 1.44. The zero-order valence-electron chi connectivity index (χ0n) is 9.75. The van der Waals surface area contributed by atoms with E-state index in [1.54, 1.807) is 0 Å². The lowest BCUT2D eigenvalue weighted by atomic mass is 10.3. The Morgan fingerprint density at radius 2 is 1.85 bits per heavy atom. The fraction of sp³-hybridized carbons (Fsp3) is 0. The van der Waals surface area contributed by atoms with Crippen LogP contribution in [0.2, 0.25) is 15.1 Å². The summed E-state index contributed by atoms with van der Waals surface area (Å²) in [5, 5.41) is 5.54. The molecular weight excluding hydrogens is 402 g/mol. The molecule has 7 heteroatoms. The average molecular weight is 409 g/mol. The number of hydrogen-bond acceptors (Lipinski definition) is 3. The molecule has 0 fully saturated rings. The molecule has 1 N–H and O–H groups in total. The molecule has 3 rings (SSSR count). The molecule has 102 valence electrons. The van der Waals surface area contributed by atoms with E-state index in [0.29, 0.717) is 20.8 Å². The third kappa shape index (κ3) is 2.76. The monoisotopic (exact) mass is 406 g/mol. The minimum atomic E-state index is 0.457. The van der Waals surface area contributed by atoms with Gasteiger partial charge in [-0.3, -0.25) is 0 Å². The fourth-order valence-corrected chi connectivity index (χ4v) is 3.67. The first-order valence-electron chi connectivity index (χ1n) is 5.51. The third-order valence-electron chi connectivity index (χ3n) is 2.63. The van der Waals surface area contributed by atoms with Crippen LogP contribution in [0.4, 0.5) is 10.8 Å². The van der Waals surface area contributed by atoms with E-state index in [4.69, 9.17) is 34.8 Å². The molecule has 2 nitrogen and oxygen atoms in total. The Morgan fingerprint density at radius 3 is 2.65 bits per heavy atom. The van der Waals surface area contributed by atoms with Crippen molar-refractivity contribution in [1.82, 2.24) is 4.98 Å². The second-order valence-electron chi connectivity index (χ2n) is 3.98. The number of nitrogens with zero attached hydrogens (tertiary/aromatic N) is 1. The number of thiazole rings is 1. The van der Waals surface area contributed by atoms with Gasteiger partial charge in [0, 0.05) is 9.50 Å². The number of fused-ring (bicyclic) bond motifs is 1. The topological polar surface area (TPSA) is 24.9 Å². The molecule has 0 aliphatic carbocycles. The highest BCUT2D eigenvalue weighted by molar-refractivity contribution is 9.10. The predicted molar refractivity (Wildman–Crippen MR) is 92.1 cm³/mol. The molecule has 20 heavy (non-hydrogen) atoms. The summed E-state index contributed by atoms with van der Waals surface area (Å²) in [6.45, 7) is 0. The van der Waals surface area contributed by atoms with Gasteiger partial charge in [-0.1, -0.05) is 46.1 Å². The van der Waals surface area contributed by atoms with Gasteiger partial charge in [0.1, 0.15) is 0 Å². The lowest BCUT2D eigenvalue weighted by Gasteiger charge is -2.07. The van der Waals surface area contributed by atoms with E-state index in [-0.39, 0.29) is 0 Å². The molecule has 0 amide bonds. The maximum Gasteiger partial charge on any atom is 0.188 e. The van der Waals surface area contributed by atoms with E-state index < -0.39 is 0 Å². The Bertz CT molecular complexity index is 804. The van der Waals surface area contributed by atoms with Crippen LogP contribution < -0.4 is 5.32 Å². The number of aromatic nitrogens is 1. The standard InChI is InChI=1S/C13H6BrCl3N2S/c14-7-2-4-9(12(17)11(7)16)19-13-18-8-3-1-6(15)5-10(8)20-13/h1-5H,(H,18,19). The summed E-state index contributed by atoms with van der Waals surface area (Å²) in [6, 6.07) is 9.26. The number of benzene rings is 2. The highest BCUT2D eigenvalue weighted by Gasteiger charge is 2.11. The summed E-state index contributed by atoms with van der Waals surface area (Å²) in [7, 11) is 0. The highest BCUT2D eigenvalue weighted by atomic mass is 79.9. The first-order chi connectivity index (χ1) is 9.54. The summed E-state index contributed by atoms with van der Waals surface area (Å²) in [5.74, 6) is 0. The molecule has 0 saturated heterocycles. The van der Waals surface area contributed by atoms with Gasteiger partial charge in [0.25, 0.3) is 0 Å². The van der Waals surface area contributed by atoms with E-state index in [2.05, 4.69) is 26.2 Å². The van der Waals surface area contributed by atoms with E-state index >= 15 is 0 Å². The van der Waals surface area contributed by atoms with Crippen LogP contribution in [0.5, 0.6) is 0 Å². The Labute approximate surface area is 142 Å². The number of rotatable bonds is 2. The second kappa shape index (κ2) is 5.70. The van der Waals surface area contributed by atoms with Crippen molar-refractivity contribution in [3.05, 3.63) is 49.9 Å². The van der Waals surface area contributed by atoms with Gasteiger partial charge in [0.15, 0.2) is 5.13 Å². The number of nitrogens with one attached hydrogen (secondary N) is 1. The maximum absolute atomic E-state index is 6.20. The minimum absolute atomic E-state index is 0.457. The smallest absolute Gasteiger partial charge is 0.188 e. The summed E-state index contributed by atoms with van der Waals surface area (Å²) in [5.41, 5.74) is 1.60. The molecule has 0 bridgehead atoms. The number of anilines is 2. The van der Waals surface area contributed by atoms with Crippen LogP contribution in [0, 0.1) is 0 Å². The van der Waals surface area contributed by atoms with E-state index in [1.807, 2.05) is 30.3 Å². The van der Waals surface area contributed by atoms with Crippen molar-refractivity contribution in [2.24, 2.45) is 0 Å². The summed E-state index contributed by atoms with van der Waals surface area (Å²) < 4.78 is 1.77. The van der Waals surface area contributed by atoms with Crippen LogP contribution in [0.25, 0.3) is 10.2 Å². The molecule has 0 spiro atoms. The van der Waals surface area contributed by atoms with Gasteiger partial charge in [0.05, 0.1) is 25.9 Å². The van der Waals surface area contributed by atoms with Gasteiger partial charge in [-0.25, -0.2) is 4.98 Å². The molecule has 3 aromatic rings. The van der Waals surface area contributed by atoms with Crippen molar-refractivity contribution in [3.8, 4) is 0 Å². The van der Waals surface area contributed by atoms with Crippen molar-refractivity contribution >= 4 is 83.1 Å². The molecule has 0 radical (unpaired) electrons. The molecule has 0 atom stereocenters. The average Bonchev–Trinajstić information content (AvgIpc) is 2.81. The molecule has 0 unspecified atom stereocenters. The minimum Gasteiger partial charge on any atom is -0.330 e. The molecule has 0 aliphatic heterocycles. The Hall–Kier alpha value is -0.520. The van der Waals surface area contributed by atoms with Gasteiger partial charge >= 0.3 is 0 Å². The van der Waals surface area contributed by atoms with E-state index in [0.717, 1.165) is 19.8 Å². The summed E-state index contributed by atoms with van der Waals surface area (Å²) in [4.78, 5) is 4.48. The van der Waals surface area contributed by atoms with Crippen molar-refractivity contribution in [3.63, 3.8) is 0 Å². The maximum atomic E-state index is 6.20. The molecule has 0 saturated carbocycles. The Balaban J connectivity index is 1.99. The fourth-order valence-electron chi connectivity index (χ4n) is 1.69. The SMILES string of the molecule is Clc1ccc2nc(Nc3ccc(Br)c(Cl)c3Cl)sc2c1. The summed E-state index contributed by atoms with van der Waals surface area (Å²) in [6.07, 6.45) is 0. The third-order valence-corrected chi connectivity index (χ3v) is 5.57. The van der Waals surface area contributed by atoms with E-state index in [9.17, 15) is 0 Å². The van der Waals surface area contributed by atoms with Gasteiger partial charge in [-0.15, -0.1) is 0 Å².